The largest absolute Gasteiger partial charge is 0.303 e. The van der Waals surface area contributed by atoms with Crippen molar-refractivity contribution in [3.05, 3.63) is 0 Å². The van der Waals surface area contributed by atoms with Crippen LogP contribution in [0.1, 0.15) is 45.4 Å². The lowest BCUT2D eigenvalue weighted by Crippen LogP contribution is -2.45. The molecule has 2 fully saturated rings. The number of nitrogens with zero attached hydrogens (tertiary/aromatic N) is 2. The zero-order valence-corrected chi connectivity index (χ0v) is 12.0. The van der Waals surface area contributed by atoms with Crippen molar-refractivity contribution in [2.24, 2.45) is 5.92 Å². The Morgan fingerprint density at radius 3 is 2.33 bits per heavy atom. The third-order valence-corrected chi connectivity index (χ3v) is 4.84. The molecule has 1 saturated carbocycles. The Labute approximate surface area is 112 Å². The molecule has 0 atom stereocenters. The zero-order valence-electron chi connectivity index (χ0n) is 12.0. The van der Waals surface area contributed by atoms with Crippen LogP contribution in [0.2, 0.25) is 0 Å². The molecular weight excluding hydrogens is 224 g/mol. The Morgan fingerprint density at radius 2 is 1.78 bits per heavy atom. The lowest BCUT2D eigenvalue weighted by molar-refractivity contribution is -0.124. The second kappa shape index (κ2) is 6.67. The van der Waals surface area contributed by atoms with Gasteiger partial charge in [0.1, 0.15) is 5.78 Å². The Bertz CT molecular complexity index is 266. The molecule has 2 rings (SSSR count). The summed E-state index contributed by atoms with van der Waals surface area (Å²) in [6.07, 6.45) is 7.25. The number of likely N-dealkylation sites (N-methyl/N-ethyl adjacent to an activating group) is 1. The predicted octanol–water partition coefficient (Wildman–Crippen LogP) is 2.16. The summed E-state index contributed by atoms with van der Waals surface area (Å²) in [4.78, 5) is 17.0. The molecule has 0 amide bonds. The van der Waals surface area contributed by atoms with Crippen LogP contribution in [0.15, 0.2) is 0 Å². The van der Waals surface area contributed by atoms with E-state index in [-0.39, 0.29) is 0 Å². The van der Waals surface area contributed by atoms with Crippen LogP contribution in [0.4, 0.5) is 0 Å². The van der Waals surface area contributed by atoms with Crippen LogP contribution in [0, 0.1) is 5.92 Å². The number of carbonyl (C=O) groups is 1. The molecule has 0 spiro atoms. The van der Waals surface area contributed by atoms with Gasteiger partial charge < -0.3 is 4.90 Å². The molecule has 0 bridgehead atoms. The first-order valence-corrected chi connectivity index (χ1v) is 7.66. The Balaban J connectivity index is 1.74. The molecule has 1 aliphatic heterocycles. The highest BCUT2D eigenvalue weighted by molar-refractivity contribution is 5.83. The summed E-state index contributed by atoms with van der Waals surface area (Å²) in [6, 6.07) is 0.623. The number of ketones is 1. The third-order valence-electron chi connectivity index (χ3n) is 4.84. The molecule has 2 aliphatic rings. The summed E-state index contributed by atoms with van der Waals surface area (Å²) in [6.45, 7) is 6.47. The molecule has 3 nitrogen and oxygen atoms in total. The lowest BCUT2D eigenvalue weighted by Gasteiger charge is -2.36. The summed E-state index contributed by atoms with van der Waals surface area (Å²) in [5.74, 6) is 0.871. The average molecular weight is 252 g/mol. The van der Waals surface area contributed by atoms with Gasteiger partial charge in [-0.1, -0.05) is 19.8 Å². The summed E-state index contributed by atoms with van der Waals surface area (Å²) < 4.78 is 0. The highest BCUT2D eigenvalue weighted by Gasteiger charge is 2.27. The standard InChI is InChI=1S/C15H28N2O/c1-3-17-10-8-14(9-11-17)16(2)12-15(18)13-6-4-5-7-13/h13-14H,3-12H2,1-2H3. The fourth-order valence-electron chi connectivity index (χ4n) is 3.43. The predicted molar refractivity (Wildman–Crippen MR) is 74.7 cm³/mol. The maximum Gasteiger partial charge on any atom is 0.149 e. The van der Waals surface area contributed by atoms with E-state index in [0.717, 1.165) is 19.4 Å². The van der Waals surface area contributed by atoms with Gasteiger partial charge in [0.05, 0.1) is 6.54 Å². The van der Waals surface area contributed by atoms with Gasteiger partial charge in [0, 0.05) is 12.0 Å². The summed E-state index contributed by atoms with van der Waals surface area (Å²) in [7, 11) is 2.14. The Kier molecular flexibility index (Phi) is 5.19. The number of hydrogen-bond acceptors (Lipinski definition) is 3. The third kappa shape index (κ3) is 3.55. The van der Waals surface area contributed by atoms with E-state index >= 15 is 0 Å². The van der Waals surface area contributed by atoms with Gasteiger partial charge >= 0.3 is 0 Å². The van der Waals surface area contributed by atoms with Crippen molar-refractivity contribution in [3.8, 4) is 0 Å². The molecule has 18 heavy (non-hydrogen) atoms. The first kappa shape index (κ1) is 14.0. The van der Waals surface area contributed by atoms with E-state index in [1.165, 1.54) is 38.8 Å². The highest BCUT2D eigenvalue weighted by atomic mass is 16.1. The highest BCUT2D eigenvalue weighted by Crippen LogP contribution is 2.26. The van der Waals surface area contributed by atoms with Crippen molar-refractivity contribution in [3.63, 3.8) is 0 Å². The normalized spacial score (nSPS) is 23.9. The second-order valence-corrected chi connectivity index (χ2v) is 6.03. The molecule has 0 aromatic carbocycles. The van der Waals surface area contributed by atoms with Gasteiger partial charge in [-0.05, 0) is 52.4 Å². The first-order chi connectivity index (χ1) is 8.70. The Morgan fingerprint density at radius 1 is 1.17 bits per heavy atom. The number of piperidine rings is 1. The van der Waals surface area contributed by atoms with Crippen molar-refractivity contribution in [1.82, 2.24) is 9.80 Å². The minimum absolute atomic E-state index is 0.378. The van der Waals surface area contributed by atoms with E-state index in [0.29, 0.717) is 24.3 Å². The topological polar surface area (TPSA) is 23.6 Å². The van der Waals surface area contributed by atoms with Crippen molar-refractivity contribution in [1.29, 1.82) is 0 Å². The van der Waals surface area contributed by atoms with Crippen LogP contribution >= 0.6 is 0 Å². The molecule has 0 unspecified atom stereocenters. The Hall–Kier alpha value is -0.410. The summed E-state index contributed by atoms with van der Waals surface area (Å²) in [5.41, 5.74) is 0. The average Bonchev–Trinajstić information content (AvgIpc) is 2.92. The number of Topliss-reactive ketones (excluding diaryl/α,β-unsaturated/α-hetero) is 1. The molecule has 3 heteroatoms. The monoisotopic (exact) mass is 252 g/mol. The molecule has 1 heterocycles. The molecule has 104 valence electrons. The van der Waals surface area contributed by atoms with Crippen molar-refractivity contribution >= 4 is 5.78 Å². The molecule has 0 radical (unpaired) electrons. The van der Waals surface area contributed by atoms with E-state index < -0.39 is 0 Å². The minimum atomic E-state index is 0.378. The van der Waals surface area contributed by atoms with Crippen LogP contribution in [0.5, 0.6) is 0 Å². The van der Waals surface area contributed by atoms with Crippen LogP contribution in [-0.2, 0) is 4.79 Å². The van der Waals surface area contributed by atoms with Gasteiger partial charge in [-0.2, -0.15) is 0 Å². The van der Waals surface area contributed by atoms with E-state index in [4.69, 9.17) is 0 Å². The smallest absolute Gasteiger partial charge is 0.149 e. The van der Waals surface area contributed by atoms with Crippen molar-refractivity contribution < 1.29 is 4.79 Å². The molecule has 0 N–H and O–H groups in total. The van der Waals surface area contributed by atoms with E-state index in [1.54, 1.807) is 0 Å². The van der Waals surface area contributed by atoms with E-state index in [1.807, 2.05) is 0 Å². The van der Waals surface area contributed by atoms with Gasteiger partial charge in [0.15, 0.2) is 0 Å². The maximum atomic E-state index is 12.2. The summed E-state index contributed by atoms with van der Waals surface area (Å²) in [5, 5.41) is 0. The minimum Gasteiger partial charge on any atom is -0.303 e. The lowest BCUT2D eigenvalue weighted by atomic mass is 9.99. The second-order valence-electron chi connectivity index (χ2n) is 6.03. The molecule has 1 aliphatic carbocycles. The van der Waals surface area contributed by atoms with Crippen LogP contribution in [0.3, 0.4) is 0 Å². The maximum absolute atomic E-state index is 12.2. The molecule has 1 saturated heterocycles. The van der Waals surface area contributed by atoms with Gasteiger partial charge in [-0.25, -0.2) is 0 Å². The van der Waals surface area contributed by atoms with Gasteiger partial charge in [0.25, 0.3) is 0 Å². The van der Waals surface area contributed by atoms with E-state index in [9.17, 15) is 4.79 Å². The number of hydrogen-bond donors (Lipinski definition) is 0. The summed E-state index contributed by atoms with van der Waals surface area (Å²) >= 11 is 0. The first-order valence-electron chi connectivity index (χ1n) is 7.66. The van der Waals surface area contributed by atoms with Crippen molar-refractivity contribution in [2.75, 3.05) is 33.2 Å². The fraction of sp³-hybridized carbons (Fsp3) is 0.933. The molecule has 0 aromatic heterocycles. The van der Waals surface area contributed by atoms with Gasteiger partial charge in [-0.15, -0.1) is 0 Å². The van der Waals surface area contributed by atoms with Gasteiger partial charge in [0.2, 0.25) is 0 Å². The SMILES string of the molecule is CCN1CCC(N(C)CC(=O)C2CCCC2)CC1. The number of rotatable bonds is 5. The zero-order chi connectivity index (χ0) is 13.0. The van der Waals surface area contributed by atoms with Crippen LogP contribution in [-0.4, -0.2) is 54.9 Å². The van der Waals surface area contributed by atoms with E-state index in [2.05, 4.69) is 23.8 Å². The number of likely N-dealkylation sites (tertiary alicyclic amines) is 1. The van der Waals surface area contributed by atoms with Crippen LogP contribution in [0.25, 0.3) is 0 Å². The molecule has 0 aromatic rings. The molecular formula is C15H28N2O. The fourth-order valence-corrected chi connectivity index (χ4v) is 3.43. The number of carbonyl (C=O) groups excluding carboxylic acids is 1. The quantitative estimate of drug-likeness (QED) is 0.749. The van der Waals surface area contributed by atoms with Gasteiger partial charge in [-0.3, -0.25) is 9.69 Å². The van der Waals surface area contributed by atoms with Crippen LogP contribution < -0.4 is 0 Å². The van der Waals surface area contributed by atoms with Crippen molar-refractivity contribution in [2.45, 2.75) is 51.5 Å².